The minimum atomic E-state index is 0.467. The summed E-state index contributed by atoms with van der Waals surface area (Å²) in [5.74, 6) is 0.726. The lowest BCUT2D eigenvalue weighted by molar-refractivity contribution is 0.118. The Labute approximate surface area is 96.8 Å². The molecule has 1 aromatic rings. The summed E-state index contributed by atoms with van der Waals surface area (Å²) >= 11 is 0. The van der Waals surface area contributed by atoms with Crippen molar-refractivity contribution in [2.75, 3.05) is 6.54 Å². The number of nitrogens with zero attached hydrogens (tertiary/aromatic N) is 1. The molecule has 1 heterocycles. The Balaban J connectivity index is 1.79. The van der Waals surface area contributed by atoms with Gasteiger partial charge < -0.3 is 4.90 Å². The van der Waals surface area contributed by atoms with Crippen LogP contribution in [0.2, 0.25) is 0 Å². The fourth-order valence-electron chi connectivity index (χ4n) is 2.88. The van der Waals surface area contributed by atoms with Gasteiger partial charge in [0.15, 0.2) is 0 Å². The van der Waals surface area contributed by atoms with Crippen LogP contribution in [0.25, 0.3) is 0 Å². The highest BCUT2D eigenvalue weighted by Gasteiger charge is 2.36. The van der Waals surface area contributed by atoms with Gasteiger partial charge in [0, 0.05) is 18.7 Å². The topological polar surface area (TPSA) is 27.1 Å². The molecular weight excluding hydrogens is 196 g/mol. The number of hydrogen-bond donors (Lipinski definition) is 1. The zero-order valence-electron chi connectivity index (χ0n) is 9.79. The molecule has 1 aliphatic carbocycles. The average Bonchev–Trinajstić information content (AvgIpc) is 2.55. The summed E-state index contributed by atoms with van der Waals surface area (Å²) in [6.07, 6.45) is 4.02. The maximum Gasteiger partial charge on any atom is 0.128 e. The Morgan fingerprint density at radius 2 is 2.06 bits per heavy atom. The molecule has 0 amide bonds. The zero-order chi connectivity index (χ0) is 11.2. The minimum absolute atomic E-state index is 0.467. The van der Waals surface area contributed by atoms with Gasteiger partial charge in [-0.05, 0) is 23.8 Å². The molecule has 1 fully saturated rings. The third-order valence-corrected chi connectivity index (χ3v) is 4.08. The molecule has 2 nitrogen and oxygen atoms in total. The van der Waals surface area contributed by atoms with Gasteiger partial charge in [0.2, 0.25) is 0 Å². The van der Waals surface area contributed by atoms with Crippen molar-refractivity contribution in [3.63, 3.8) is 0 Å². The maximum absolute atomic E-state index is 8.19. The van der Waals surface area contributed by atoms with Crippen LogP contribution in [0, 0.1) is 10.8 Å². The van der Waals surface area contributed by atoms with Gasteiger partial charge in [0.05, 0.1) is 0 Å². The molecular formula is C14H18N2. The van der Waals surface area contributed by atoms with Gasteiger partial charge in [0.1, 0.15) is 5.84 Å². The van der Waals surface area contributed by atoms with E-state index in [2.05, 4.69) is 30.0 Å². The summed E-state index contributed by atoms with van der Waals surface area (Å²) in [5, 5.41) is 8.19. The highest BCUT2D eigenvalue weighted by Crippen LogP contribution is 2.42. The first-order chi connectivity index (χ1) is 7.68. The van der Waals surface area contributed by atoms with Crippen LogP contribution in [0.1, 0.15) is 37.3 Å². The van der Waals surface area contributed by atoms with E-state index >= 15 is 0 Å². The summed E-state index contributed by atoms with van der Waals surface area (Å²) in [5.41, 5.74) is 2.91. The molecule has 3 rings (SSSR count). The van der Waals surface area contributed by atoms with Crippen molar-refractivity contribution >= 4 is 5.84 Å². The summed E-state index contributed by atoms with van der Waals surface area (Å²) in [4.78, 5) is 2.24. The van der Waals surface area contributed by atoms with Crippen LogP contribution in [0.5, 0.6) is 0 Å². The molecule has 1 aromatic carbocycles. The monoisotopic (exact) mass is 214 g/mol. The predicted octanol–water partition coefficient (Wildman–Crippen LogP) is 3.02. The molecule has 0 radical (unpaired) electrons. The van der Waals surface area contributed by atoms with Crippen molar-refractivity contribution in [2.45, 2.75) is 32.7 Å². The number of nitrogens with one attached hydrogen (secondary N) is 1. The number of benzene rings is 1. The lowest BCUT2D eigenvalue weighted by Crippen LogP contribution is -2.40. The normalized spacial score (nSPS) is 21.8. The van der Waals surface area contributed by atoms with Gasteiger partial charge in [-0.3, -0.25) is 5.41 Å². The summed E-state index contributed by atoms with van der Waals surface area (Å²) in [7, 11) is 0. The molecule has 0 unspecified atom stereocenters. The second-order valence-electron chi connectivity index (χ2n) is 5.53. The van der Waals surface area contributed by atoms with Crippen LogP contribution < -0.4 is 0 Å². The molecule has 0 atom stereocenters. The van der Waals surface area contributed by atoms with Crippen LogP contribution in [-0.2, 0) is 6.54 Å². The molecule has 0 spiro atoms. The van der Waals surface area contributed by atoms with Crippen molar-refractivity contribution in [3.05, 3.63) is 35.4 Å². The van der Waals surface area contributed by atoms with Gasteiger partial charge in [-0.15, -0.1) is 0 Å². The highest BCUT2D eigenvalue weighted by molar-refractivity contribution is 6.00. The predicted molar refractivity (Wildman–Crippen MR) is 65.6 cm³/mol. The maximum atomic E-state index is 8.19. The van der Waals surface area contributed by atoms with Crippen LogP contribution in [0.4, 0.5) is 0 Å². The highest BCUT2D eigenvalue weighted by atomic mass is 15.2. The largest absolute Gasteiger partial charge is 0.352 e. The fraction of sp³-hybridized carbons (Fsp3) is 0.500. The number of fused-ring (bicyclic) bond motifs is 1. The minimum Gasteiger partial charge on any atom is -0.352 e. The van der Waals surface area contributed by atoms with Crippen LogP contribution >= 0.6 is 0 Å². The molecule has 84 valence electrons. The van der Waals surface area contributed by atoms with Crippen LogP contribution in [-0.4, -0.2) is 17.3 Å². The lowest BCUT2D eigenvalue weighted by Gasteiger charge is -2.41. The molecule has 1 aliphatic heterocycles. The number of rotatable bonds is 2. The Morgan fingerprint density at radius 3 is 2.69 bits per heavy atom. The first-order valence-corrected chi connectivity index (χ1v) is 6.10. The van der Waals surface area contributed by atoms with E-state index in [0.29, 0.717) is 5.41 Å². The van der Waals surface area contributed by atoms with E-state index in [4.69, 9.17) is 5.41 Å². The number of hydrogen-bond acceptors (Lipinski definition) is 1. The molecule has 1 saturated carbocycles. The van der Waals surface area contributed by atoms with E-state index in [9.17, 15) is 0 Å². The van der Waals surface area contributed by atoms with Crippen molar-refractivity contribution in [1.82, 2.24) is 4.90 Å². The smallest absolute Gasteiger partial charge is 0.128 e. The van der Waals surface area contributed by atoms with E-state index in [1.807, 2.05) is 6.07 Å². The first kappa shape index (κ1) is 9.88. The Kier molecular flexibility index (Phi) is 2.06. The Hall–Kier alpha value is -1.31. The summed E-state index contributed by atoms with van der Waals surface area (Å²) in [6.45, 7) is 4.35. The van der Waals surface area contributed by atoms with Crippen molar-refractivity contribution in [2.24, 2.45) is 5.41 Å². The third-order valence-electron chi connectivity index (χ3n) is 4.08. The molecule has 16 heavy (non-hydrogen) atoms. The first-order valence-electron chi connectivity index (χ1n) is 6.10. The van der Waals surface area contributed by atoms with Gasteiger partial charge >= 0.3 is 0 Å². The summed E-state index contributed by atoms with van der Waals surface area (Å²) in [6, 6.07) is 8.32. The second kappa shape index (κ2) is 3.34. The Morgan fingerprint density at radius 1 is 1.31 bits per heavy atom. The molecule has 0 aromatic heterocycles. The molecule has 0 saturated heterocycles. The van der Waals surface area contributed by atoms with E-state index in [0.717, 1.165) is 24.5 Å². The van der Waals surface area contributed by atoms with E-state index in [1.165, 1.54) is 24.8 Å². The van der Waals surface area contributed by atoms with Crippen molar-refractivity contribution < 1.29 is 0 Å². The van der Waals surface area contributed by atoms with E-state index in [-0.39, 0.29) is 0 Å². The molecule has 2 aliphatic rings. The van der Waals surface area contributed by atoms with Gasteiger partial charge in [0.25, 0.3) is 0 Å². The number of amidine groups is 1. The van der Waals surface area contributed by atoms with Gasteiger partial charge in [-0.2, -0.15) is 0 Å². The van der Waals surface area contributed by atoms with E-state index in [1.54, 1.807) is 0 Å². The van der Waals surface area contributed by atoms with Gasteiger partial charge in [-0.1, -0.05) is 37.6 Å². The Bertz CT molecular complexity index is 432. The molecule has 0 bridgehead atoms. The second-order valence-corrected chi connectivity index (χ2v) is 5.53. The zero-order valence-corrected chi connectivity index (χ0v) is 9.79. The lowest BCUT2D eigenvalue weighted by atomic mass is 9.70. The van der Waals surface area contributed by atoms with Crippen molar-refractivity contribution in [3.8, 4) is 0 Å². The SMILES string of the molecule is CC1(CN2Cc3ccccc3C2=N)CCC1. The van der Waals surface area contributed by atoms with Crippen LogP contribution in [0.15, 0.2) is 24.3 Å². The molecule has 1 N–H and O–H groups in total. The van der Waals surface area contributed by atoms with E-state index < -0.39 is 0 Å². The van der Waals surface area contributed by atoms with Crippen LogP contribution in [0.3, 0.4) is 0 Å². The molecule has 2 heteroatoms. The third kappa shape index (κ3) is 1.44. The quantitative estimate of drug-likeness (QED) is 0.805. The average molecular weight is 214 g/mol. The fourth-order valence-corrected chi connectivity index (χ4v) is 2.88. The summed E-state index contributed by atoms with van der Waals surface area (Å²) < 4.78 is 0. The van der Waals surface area contributed by atoms with Gasteiger partial charge in [-0.25, -0.2) is 0 Å². The standard InChI is InChI=1S/C14H18N2/c1-14(7-4-8-14)10-16-9-11-5-2-3-6-12(11)13(16)15/h2-3,5-6,15H,4,7-10H2,1H3. The van der Waals surface area contributed by atoms with Crippen molar-refractivity contribution in [1.29, 1.82) is 5.41 Å².